The van der Waals surface area contributed by atoms with Crippen molar-refractivity contribution in [2.45, 2.75) is 25.0 Å². The Morgan fingerprint density at radius 3 is 1.14 bits per heavy atom. The lowest BCUT2D eigenvalue weighted by Gasteiger charge is -2.39. The van der Waals surface area contributed by atoms with E-state index in [-0.39, 0.29) is 0 Å². The highest BCUT2D eigenvalue weighted by Gasteiger charge is 2.44. The van der Waals surface area contributed by atoms with Gasteiger partial charge in [-0.15, -0.1) is 0 Å². The lowest BCUT2D eigenvalue weighted by Crippen LogP contribution is -2.45. The second kappa shape index (κ2) is 5.99. The van der Waals surface area contributed by atoms with Crippen LogP contribution in [0, 0.1) is 0 Å². The molecule has 2 rings (SSSR count). The quantitative estimate of drug-likeness (QED) is 0.891. The maximum Gasteiger partial charge on any atom is 0.119 e. The molecule has 0 bridgehead atoms. The molecule has 0 aliphatic heterocycles. The molecule has 4 heteroatoms. The zero-order valence-electron chi connectivity index (χ0n) is 13.3. The van der Waals surface area contributed by atoms with Crippen LogP contribution in [-0.2, 0) is 11.2 Å². The summed E-state index contributed by atoms with van der Waals surface area (Å²) in [7, 11) is 3.17. The van der Waals surface area contributed by atoms with Crippen molar-refractivity contribution in [1.82, 2.24) is 0 Å². The first kappa shape index (κ1) is 16.3. The lowest BCUT2D eigenvalue weighted by molar-refractivity contribution is -0.143. The number of aliphatic hydroxyl groups is 2. The normalized spacial score (nSPS) is 16.5. The molecule has 4 nitrogen and oxygen atoms in total. The summed E-state index contributed by atoms with van der Waals surface area (Å²) in [5.41, 5.74) is -1.72. The van der Waals surface area contributed by atoms with Crippen molar-refractivity contribution in [3.05, 3.63) is 59.7 Å². The van der Waals surface area contributed by atoms with Gasteiger partial charge in [-0.05, 0) is 49.2 Å². The third kappa shape index (κ3) is 2.80. The molecule has 0 amide bonds. The zero-order valence-corrected chi connectivity index (χ0v) is 13.3. The van der Waals surface area contributed by atoms with Gasteiger partial charge in [0.1, 0.15) is 22.7 Å². The van der Waals surface area contributed by atoms with Crippen LogP contribution in [0.15, 0.2) is 48.5 Å². The number of ether oxygens (including phenoxy) is 2. The molecule has 0 aliphatic rings. The summed E-state index contributed by atoms with van der Waals surface area (Å²) in [4.78, 5) is 0. The molecule has 0 unspecified atom stereocenters. The van der Waals surface area contributed by atoms with Gasteiger partial charge in [-0.25, -0.2) is 0 Å². The average Bonchev–Trinajstić information content (AvgIpc) is 2.54. The molecule has 2 aromatic rings. The predicted molar refractivity (Wildman–Crippen MR) is 85.1 cm³/mol. The van der Waals surface area contributed by atoms with Gasteiger partial charge in [0, 0.05) is 0 Å². The van der Waals surface area contributed by atoms with Crippen molar-refractivity contribution in [1.29, 1.82) is 0 Å². The van der Waals surface area contributed by atoms with Crippen LogP contribution in [0.5, 0.6) is 11.5 Å². The average molecular weight is 302 g/mol. The SMILES string of the molecule is COc1ccc([C@](C)(O)[C@@](C)(O)c2ccc(OC)cc2)cc1. The van der Waals surface area contributed by atoms with Crippen molar-refractivity contribution < 1.29 is 19.7 Å². The van der Waals surface area contributed by atoms with Gasteiger partial charge in [0.15, 0.2) is 0 Å². The molecule has 0 aromatic heterocycles. The molecule has 0 radical (unpaired) electrons. The third-order valence-electron chi connectivity index (χ3n) is 4.25. The van der Waals surface area contributed by atoms with Crippen LogP contribution in [0.3, 0.4) is 0 Å². The molecule has 0 spiro atoms. The fraction of sp³-hybridized carbons (Fsp3) is 0.333. The second-order valence-electron chi connectivity index (χ2n) is 5.60. The third-order valence-corrected chi connectivity index (χ3v) is 4.25. The first-order chi connectivity index (χ1) is 10.3. The molecular formula is C18H22O4. The van der Waals surface area contributed by atoms with Crippen molar-refractivity contribution >= 4 is 0 Å². The van der Waals surface area contributed by atoms with E-state index in [2.05, 4.69) is 0 Å². The van der Waals surface area contributed by atoms with Crippen LogP contribution in [0.1, 0.15) is 25.0 Å². The minimum absolute atomic E-state index is 0.606. The fourth-order valence-electron chi connectivity index (χ4n) is 2.39. The molecule has 2 atom stereocenters. The highest BCUT2D eigenvalue weighted by atomic mass is 16.5. The predicted octanol–water partition coefficient (Wildman–Crippen LogP) is 2.82. The van der Waals surface area contributed by atoms with Crippen LogP contribution in [0.2, 0.25) is 0 Å². The van der Waals surface area contributed by atoms with Crippen LogP contribution < -0.4 is 9.47 Å². The van der Waals surface area contributed by atoms with E-state index >= 15 is 0 Å². The van der Waals surface area contributed by atoms with Crippen LogP contribution in [-0.4, -0.2) is 24.4 Å². The van der Waals surface area contributed by atoms with Gasteiger partial charge in [0.2, 0.25) is 0 Å². The topological polar surface area (TPSA) is 58.9 Å². The first-order valence-corrected chi connectivity index (χ1v) is 7.06. The molecule has 118 valence electrons. The van der Waals surface area contributed by atoms with E-state index in [4.69, 9.17) is 9.47 Å². The summed E-state index contributed by atoms with van der Waals surface area (Å²) in [5.74, 6) is 1.40. The number of hydrogen-bond donors (Lipinski definition) is 2. The van der Waals surface area contributed by atoms with E-state index in [9.17, 15) is 10.2 Å². The molecule has 0 aliphatic carbocycles. The summed E-state index contributed by atoms with van der Waals surface area (Å²) in [5, 5.41) is 21.9. The standard InChI is InChI=1S/C18H22O4/c1-17(19,13-5-9-15(21-3)10-6-13)18(2,20)14-7-11-16(22-4)12-8-14/h5-12,19-20H,1-4H3/t17-,18-/m0/s1. The number of benzene rings is 2. The summed E-state index contributed by atoms with van der Waals surface area (Å²) >= 11 is 0. The molecular weight excluding hydrogens is 280 g/mol. The summed E-state index contributed by atoms with van der Waals surface area (Å²) < 4.78 is 10.2. The number of methoxy groups -OCH3 is 2. The molecule has 0 saturated carbocycles. The summed E-state index contributed by atoms with van der Waals surface area (Å²) in [6.45, 7) is 3.19. The Labute approximate surface area is 130 Å². The fourth-order valence-corrected chi connectivity index (χ4v) is 2.39. The van der Waals surface area contributed by atoms with Crippen LogP contribution in [0.25, 0.3) is 0 Å². The van der Waals surface area contributed by atoms with Crippen molar-refractivity contribution in [3.8, 4) is 11.5 Å². The Morgan fingerprint density at radius 2 is 0.909 bits per heavy atom. The van der Waals surface area contributed by atoms with Gasteiger partial charge in [-0.2, -0.15) is 0 Å². The molecule has 0 saturated heterocycles. The number of rotatable bonds is 5. The van der Waals surface area contributed by atoms with Crippen molar-refractivity contribution in [3.63, 3.8) is 0 Å². The van der Waals surface area contributed by atoms with Gasteiger partial charge in [-0.1, -0.05) is 24.3 Å². The highest BCUT2D eigenvalue weighted by Crippen LogP contribution is 2.40. The maximum atomic E-state index is 10.9. The van der Waals surface area contributed by atoms with Gasteiger partial charge >= 0.3 is 0 Å². The van der Waals surface area contributed by atoms with E-state index in [1.807, 2.05) is 0 Å². The summed E-state index contributed by atoms with van der Waals surface area (Å²) in [6, 6.07) is 14.0. The Kier molecular flexibility index (Phi) is 4.44. The zero-order chi connectivity index (χ0) is 16.4. The smallest absolute Gasteiger partial charge is 0.119 e. The molecule has 2 aromatic carbocycles. The van der Waals surface area contributed by atoms with Crippen molar-refractivity contribution in [2.24, 2.45) is 0 Å². The molecule has 22 heavy (non-hydrogen) atoms. The number of hydrogen-bond acceptors (Lipinski definition) is 4. The Bertz CT molecular complexity index is 555. The Balaban J connectivity index is 2.39. The highest BCUT2D eigenvalue weighted by molar-refractivity contribution is 5.37. The van der Waals surface area contributed by atoms with Crippen LogP contribution >= 0.6 is 0 Å². The molecule has 0 heterocycles. The monoisotopic (exact) mass is 302 g/mol. The minimum Gasteiger partial charge on any atom is -0.497 e. The van der Waals surface area contributed by atoms with Crippen molar-refractivity contribution in [2.75, 3.05) is 14.2 Å². The van der Waals surface area contributed by atoms with E-state index in [0.717, 1.165) is 0 Å². The van der Waals surface area contributed by atoms with E-state index in [1.54, 1.807) is 76.6 Å². The van der Waals surface area contributed by atoms with Gasteiger partial charge in [0.05, 0.1) is 14.2 Å². The first-order valence-electron chi connectivity index (χ1n) is 7.06. The van der Waals surface area contributed by atoms with E-state index < -0.39 is 11.2 Å². The van der Waals surface area contributed by atoms with Gasteiger partial charge in [0.25, 0.3) is 0 Å². The van der Waals surface area contributed by atoms with E-state index in [1.165, 1.54) is 0 Å². The largest absolute Gasteiger partial charge is 0.497 e. The van der Waals surface area contributed by atoms with Gasteiger partial charge in [-0.3, -0.25) is 0 Å². The Morgan fingerprint density at radius 1 is 0.636 bits per heavy atom. The van der Waals surface area contributed by atoms with Gasteiger partial charge < -0.3 is 19.7 Å². The van der Waals surface area contributed by atoms with E-state index in [0.29, 0.717) is 22.6 Å². The summed E-state index contributed by atoms with van der Waals surface area (Å²) in [6.07, 6.45) is 0. The maximum absolute atomic E-state index is 10.9. The molecule has 0 fully saturated rings. The van der Waals surface area contributed by atoms with Crippen LogP contribution in [0.4, 0.5) is 0 Å². The lowest BCUT2D eigenvalue weighted by atomic mass is 9.76. The molecule has 2 N–H and O–H groups in total. The minimum atomic E-state index is -1.46. The second-order valence-corrected chi connectivity index (χ2v) is 5.60. The Hall–Kier alpha value is -2.04.